The van der Waals surface area contributed by atoms with Gasteiger partial charge < -0.3 is 15.7 Å². The summed E-state index contributed by atoms with van der Waals surface area (Å²) in [7, 11) is 0. The standard InChI is InChI=1S/C14H17F2N3O3S/c15-14(16)3-1-7(2-4-14)17-11(20)12-18-10(6-23-12)8-5-9(8)19-13(21)22/h6-9,19H,1-5H2,(H,17,20)(H,21,22)/t8-,9-/m1/s1. The van der Waals surface area contributed by atoms with Crippen LogP contribution < -0.4 is 10.6 Å². The van der Waals surface area contributed by atoms with Crippen LogP contribution in [-0.2, 0) is 0 Å². The van der Waals surface area contributed by atoms with Gasteiger partial charge in [0, 0.05) is 36.2 Å². The molecule has 1 aromatic heterocycles. The van der Waals surface area contributed by atoms with Crippen molar-refractivity contribution in [1.82, 2.24) is 15.6 Å². The lowest BCUT2D eigenvalue weighted by Gasteiger charge is -2.28. The molecule has 1 heterocycles. The van der Waals surface area contributed by atoms with Crippen molar-refractivity contribution in [2.24, 2.45) is 0 Å². The number of aromatic nitrogens is 1. The Hall–Kier alpha value is -1.77. The first-order chi connectivity index (χ1) is 10.8. The van der Waals surface area contributed by atoms with Gasteiger partial charge in [-0.3, -0.25) is 4.79 Å². The molecule has 0 bridgehead atoms. The molecule has 2 fully saturated rings. The maximum atomic E-state index is 13.1. The summed E-state index contributed by atoms with van der Waals surface area (Å²) in [6, 6.07) is -0.386. The van der Waals surface area contributed by atoms with Crippen LogP contribution in [0.1, 0.15) is 53.5 Å². The van der Waals surface area contributed by atoms with Crippen molar-refractivity contribution < 1.29 is 23.5 Å². The van der Waals surface area contributed by atoms with Crippen molar-refractivity contribution in [3.05, 3.63) is 16.1 Å². The van der Waals surface area contributed by atoms with Crippen molar-refractivity contribution in [2.45, 2.75) is 56.0 Å². The molecule has 2 amide bonds. The highest BCUT2D eigenvalue weighted by Gasteiger charge is 2.41. The van der Waals surface area contributed by atoms with E-state index < -0.39 is 12.0 Å². The van der Waals surface area contributed by atoms with Gasteiger partial charge in [-0.05, 0) is 19.3 Å². The lowest BCUT2D eigenvalue weighted by molar-refractivity contribution is -0.0399. The van der Waals surface area contributed by atoms with Gasteiger partial charge in [0.15, 0.2) is 5.01 Å². The molecule has 2 aliphatic carbocycles. The largest absolute Gasteiger partial charge is 0.465 e. The number of carbonyl (C=O) groups is 2. The lowest BCUT2D eigenvalue weighted by atomic mass is 9.92. The predicted octanol–water partition coefficient (Wildman–Crippen LogP) is 2.57. The molecule has 3 rings (SSSR count). The number of carbonyl (C=O) groups excluding carboxylic acids is 1. The number of rotatable bonds is 4. The van der Waals surface area contributed by atoms with E-state index in [4.69, 9.17) is 5.11 Å². The molecule has 0 aliphatic heterocycles. The van der Waals surface area contributed by atoms with Crippen LogP contribution in [0, 0.1) is 0 Å². The van der Waals surface area contributed by atoms with Crippen LogP contribution in [0.4, 0.5) is 13.6 Å². The molecule has 23 heavy (non-hydrogen) atoms. The molecule has 0 aromatic carbocycles. The fourth-order valence-corrected chi connectivity index (χ4v) is 3.62. The Kier molecular flexibility index (Phi) is 4.22. The van der Waals surface area contributed by atoms with Gasteiger partial charge in [-0.15, -0.1) is 11.3 Å². The predicted molar refractivity (Wildman–Crippen MR) is 79.1 cm³/mol. The Morgan fingerprint density at radius 2 is 2.00 bits per heavy atom. The second-order valence-electron chi connectivity index (χ2n) is 6.08. The van der Waals surface area contributed by atoms with E-state index in [1.807, 2.05) is 0 Å². The normalized spacial score (nSPS) is 26.5. The number of alkyl halides is 2. The second kappa shape index (κ2) is 6.03. The number of nitrogens with one attached hydrogen (secondary N) is 2. The van der Waals surface area contributed by atoms with Gasteiger partial charge in [0.2, 0.25) is 5.92 Å². The van der Waals surface area contributed by atoms with Crippen LogP contribution in [0.5, 0.6) is 0 Å². The summed E-state index contributed by atoms with van der Waals surface area (Å²) in [4.78, 5) is 26.9. The van der Waals surface area contributed by atoms with Crippen LogP contribution in [0.3, 0.4) is 0 Å². The molecule has 0 spiro atoms. The van der Waals surface area contributed by atoms with E-state index in [0.29, 0.717) is 17.1 Å². The summed E-state index contributed by atoms with van der Waals surface area (Å²) in [5.41, 5.74) is 0.703. The molecule has 0 unspecified atom stereocenters. The van der Waals surface area contributed by atoms with E-state index in [1.54, 1.807) is 5.38 Å². The van der Waals surface area contributed by atoms with Crippen LogP contribution >= 0.6 is 11.3 Å². The highest BCUT2D eigenvalue weighted by atomic mass is 32.1. The summed E-state index contributed by atoms with van der Waals surface area (Å²) in [6.07, 6.45) is -0.264. The van der Waals surface area contributed by atoms with Gasteiger partial charge in [0.05, 0.1) is 5.69 Å². The molecule has 2 saturated carbocycles. The van der Waals surface area contributed by atoms with Crippen LogP contribution in [0.2, 0.25) is 0 Å². The Morgan fingerprint density at radius 1 is 1.30 bits per heavy atom. The van der Waals surface area contributed by atoms with Gasteiger partial charge in [-0.25, -0.2) is 18.6 Å². The third-order valence-electron chi connectivity index (χ3n) is 4.25. The minimum absolute atomic E-state index is 0.0114. The number of halogens is 2. The quantitative estimate of drug-likeness (QED) is 0.782. The number of carboxylic acid groups (broad SMARTS) is 1. The van der Waals surface area contributed by atoms with Gasteiger partial charge in [-0.1, -0.05) is 0 Å². The first-order valence-corrected chi connectivity index (χ1v) is 8.35. The first kappa shape index (κ1) is 16.1. The van der Waals surface area contributed by atoms with E-state index in [-0.39, 0.29) is 49.6 Å². The van der Waals surface area contributed by atoms with E-state index >= 15 is 0 Å². The van der Waals surface area contributed by atoms with Gasteiger partial charge in [-0.2, -0.15) is 0 Å². The summed E-state index contributed by atoms with van der Waals surface area (Å²) in [5.74, 6) is -2.95. The molecule has 126 valence electrons. The summed E-state index contributed by atoms with van der Waals surface area (Å²) in [5, 5.41) is 15.8. The summed E-state index contributed by atoms with van der Waals surface area (Å²) in [6.45, 7) is 0. The Balaban J connectivity index is 1.52. The number of nitrogens with zero attached hydrogens (tertiary/aromatic N) is 1. The molecular weight excluding hydrogens is 328 g/mol. The lowest BCUT2D eigenvalue weighted by Crippen LogP contribution is -2.40. The van der Waals surface area contributed by atoms with E-state index in [1.165, 1.54) is 11.3 Å². The Labute approximate surface area is 135 Å². The number of hydrogen-bond acceptors (Lipinski definition) is 4. The van der Waals surface area contributed by atoms with Gasteiger partial charge in [0.25, 0.3) is 5.91 Å². The average Bonchev–Trinajstić information content (AvgIpc) is 3.04. The third kappa shape index (κ3) is 3.95. The van der Waals surface area contributed by atoms with Gasteiger partial charge in [0.1, 0.15) is 0 Å². The zero-order valence-electron chi connectivity index (χ0n) is 12.2. The molecule has 2 aliphatic rings. The van der Waals surface area contributed by atoms with E-state index in [0.717, 1.165) is 0 Å². The number of amides is 2. The van der Waals surface area contributed by atoms with Crippen molar-refractivity contribution in [3.63, 3.8) is 0 Å². The fraction of sp³-hybridized carbons (Fsp3) is 0.643. The average molecular weight is 345 g/mol. The SMILES string of the molecule is O=C(O)N[C@@H]1C[C@H]1c1csc(C(=O)NC2CCC(F)(F)CC2)n1. The van der Waals surface area contributed by atoms with Crippen molar-refractivity contribution in [1.29, 1.82) is 0 Å². The van der Waals surface area contributed by atoms with Crippen molar-refractivity contribution in [3.8, 4) is 0 Å². The monoisotopic (exact) mass is 345 g/mol. The van der Waals surface area contributed by atoms with E-state index in [9.17, 15) is 18.4 Å². The van der Waals surface area contributed by atoms with Crippen LogP contribution in [0.15, 0.2) is 5.38 Å². The second-order valence-corrected chi connectivity index (χ2v) is 6.94. The Morgan fingerprint density at radius 3 is 2.65 bits per heavy atom. The molecule has 0 saturated heterocycles. The smallest absolute Gasteiger partial charge is 0.404 e. The molecule has 2 atom stereocenters. The fourth-order valence-electron chi connectivity index (χ4n) is 2.83. The van der Waals surface area contributed by atoms with Gasteiger partial charge >= 0.3 is 6.09 Å². The van der Waals surface area contributed by atoms with Crippen molar-refractivity contribution >= 4 is 23.3 Å². The molecule has 0 radical (unpaired) electrons. The molecule has 1 aromatic rings. The highest BCUT2D eigenvalue weighted by molar-refractivity contribution is 7.11. The van der Waals surface area contributed by atoms with Crippen LogP contribution in [-0.4, -0.2) is 40.1 Å². The minimum Gasteiger partial charge on any atom is -0.465 e. The summed E-state index contributed by atoms with van der Waals surface area (Å²) >= 11 is 1.19. The number of hydrogen-bond donors (Lipinski definition) is 3. The first-order valence-electron chi connectivity index (χ1n) is 7.47. The topological polar surface area (TPSA) is 91.3 Å². The zero-order chi connectivity index (χ0) is 16.6. The highest BCUT2D eigenvalue weighted by Crippen LogP contribution is 2.41. The zero-order valence-corrected chi connectivity index (χ0v) is 13.0. The molecule has 3 N–H and O–H groups in total. The molecule has 6 nitrogen and oxygen atoms in total. The van der Waals surface area contributed by atoms with Crippen LogP contribution in [0.25, 0.3) is 0 Å². The van der Waals surface area contributed by atoms with Crippen molar-refractivity contribution in [2.75, 3.05) is 0 Å². The summed E-state index contributed by atoms with van der Waals surface area (Å²) < 4.78 is 26.2. The molecule has 9 heteroatoms. The Bertz CT molecular complexity index is 612. The maximum Gasteiger partial charge on any atom is 0.404 e. The maximum absolute atomic E-state index is 13.1. The minimum atomic E-state index is -2.62. The third-order valence-corrected chi connectivity index (χ3v) is 5.11. The number of thiazole rings is 1. The van der Waals surface area contributed by atoms with E-state index in [2.05, 4.69) is 15.6 Å². The molecular formula is C14H17F2N3O3S.